The Balaban J connectivity index is 1.88. The SMILES string of the molecule is CC(C)CNC(=O)COC(=O)C1(c2ccc(Cl)cc2)CC1. The first-order chi connectivity index (χ1) is 9.94. The van der Waals surface area contributed by atoms with Crippen LogP contribution in [0.2, 0.25) is 5.02 Å². The van der Waals surface area contributed by atoms with Crippen molar-refractivity contribution < 1.29 is 14.3 Å². The van der Waals surface area contributed by atoms with Gasteiger partial charge in [0.25, 0.3) is 5.91 Å². The summed E-state index contributed by atoms with van der Waals surface area (Å²) < 4.78 is 5.16. The molecule has 2 rings (SSSR count). The van der Waals surface area contributed by atoms with Gasteiger partial charge in [-0.15, -0.1) is 0 Å². The Morgan fingerprint density at radius 2 is 1.90 bits per heavy atom. The lowest BCUT2D eigenvalue weighted by molar-refractivity contribution is -0.151. The van der Waals surface area contributed by atoms with Gasteiger partial charge in [-0.1, -0.05) is 37.6 Å². The summed E-state index contributed by atoms with van der Waals surface area (Å²) in [5.41, 5.74) is 0.322. The predicted molar refractivity (Wildman–Crippen MR) is 81.2 cm³/mol. The largest absolute Gasteiger partial charge is 0.455 e. The number of benzene rings is 1. The summed E-state index contributed by atoms with van der Waals surface area (Å²) in [4.78, 5) is 23.8. The van der Waals surface area contributed by atoms with Gasteiger partial charge in [0.1, 0.15) is 0 Å². The van der Waals surface area contributed by atoms with Crippen LogP contribution in [0, 0.1) is 5.92 Å². The number of nitrogens with one attached hydrogen (secondary N) is 1. The zero-order chi connectivity index (χ0) is 15.5. The molecule has 0 heterocycles. The van der Waals surface area contributed by atoms with Crippen LogP contribution in [0.1, 0.15) is 32.3 Å². The van der Waals surface area contributed by atoms with Gasteiger partial charge in [-0.2, -0.15) is 0 Å². The maximum absolute atomic E-state index is 12.2. The standard InChI is InChI=1S/C16H20ClNO3/c1-11(2)9-18-14(19)10-21-15(20)16(7-8-16)12-3-5-13(17)6-4-12/h3-6,11H,7-10H2,1-2H3,(H,18,19). The molecule has 1 aromatic rings. The van der Waals surface area contributed by atoms with Crippen molar-refractivity contribution in [1.82, 2.24) is 5.32 Å². The Labute approximate surface area is 129 Å². The molecule has 0 radical (unpaired) electrons. The van der Waals surface area contributed by atoms with Gasteiger partial charge < -0.3 is 10.1 Å². The van der Waals surface area contributed by atoms with Crippen LogP contribution < -0.4 is 5.32 Å². The lowest BCUT2D eigenvalue weighted by Gasteiger charge is -2.15. The number of ether oxygens (including phenoxy) is 1. The lowest BCUT2D eigenvalue weighted by atomic mass is 9.96. The molecule has 114 valence electrons. The van der Waals surface area contributed by atoms with Crippen LogP contribution in [0.25, 0.3) is 0 Å². The molecular formula is C16H20ClNO3. The van der Waals surface area contributed by atoms with E-state index in [-0.39, 0.29) is 18.5 Å². The van der Waals surface area contributed by atoms with Crippen LogP contribution in [0.5, 0.6) is 0 Å². The molecule has 1 N–H and O–H groups in total. The maximum atomic E-state index is 12.2. The van der Waals surface area contributed by atoms with E-state index in [4.69, 9.17) is 16.3 Å². The van der Waals surface area contributed by atoms with Gasteiger partial charge in [0, 0.05) is 11.6 Å². The Bertz CT molecular complexity index is 521. The van der Waals surface area contributed by atoms with Gasteiger partial charge in [0.2, 0.25) is 0 Å². The number of esters is 1. The first-order valence-electron chi connectivity index (χ1n) is 7.14. The highest BCUT2D eigenvalue weighted by Crippen LogP contribution is 2.49. The van der Waals surface area contributed by atoms with E-state index in [1.54, 1.807) is 12.1 Å². The number of hydrogen-bond donors (Lipinski definition) is 1. The van der Waals surface area contributed by atoms with E-state index in [9.17, 15) is 9.59 Å². The molecule has 1 saturated carbocycles. The quantitative estimate of drug-likeness (QED) is 0.822. The number of halogens is 1. The van der Waals surface area contributed by atoms with Crippen molar-refractivity contribution in [2.24, 2.45) is 5.92 Å². The third-order valence-electron chi connectivity index (χ3n) is 3.58. The Morgan fingerprint density at radius 3 is 2.43 bits per heavy atom. The van der Waals surface area contributed by atoms with Crippen molar-refractivity contribution in [3.63, 3.8) is 0 Å². The van der Waals surface area contributed by atoms with Crippen molar-refractivity contribution in [2.75, 3.05) is 13.2 Å². The number of hydrogen-bond acceptors (Lipinski definition) is 3. The summed E-state index contributed by atoms with van der Waals surface area (Å²) >= 11 is 5.86. The summed E-state index contributed by atoms with van der Waals surface area (Å²) in [5.74, 6) is -0.220. The predicted octanol–water partition coefficient (Wildman–Crippen LogP) is 2.69. The van der Waals surface area contributed by atoms with Gasteiger partial charge in [0.15, 0.2) is 6.61 Å². The van der Waals surface area contributed by atoms with Crippen molar-refractivity contribution in [3.05, 3.63) is 34.9 Å². The Hall–Kier alpha value is -1.55. The zero-order valence-electron chi connectivity index (χ0n) is 12.3. The third-order valence-corrected chi connectivity index (χ3v) is 3.83. The van der Waals surface area contributed by atoms with Crippen LogP contribution in [-0.2, 0) is 19.7 Å². The van der Waals surface area contributed by atoms with Gasteiger partial charge in [-0.25, -0.2) is 0 Å². The molecule has 4 nitrogen and oxygen atoms in total. The normalized spacial score (nSPS) is 15.6. The summed E-state index contributed by atoms with van der Waals surface area (Å²) in [6.45, 7) is 4.37. The minimum atomic E-state index is -0.580. The molecule has 1 aromatic carbocycles. The van der Waals surface area contributed by atoms with Crippen LogP contribution in [-0.4, -0.2) is 25.0 Å². The molecule has 1 amide bonds. The summed E-state index contributed by atoms with van der Waals surface area (Å²) in [6.07, 6.45) is 1.50. The molecule has 0 spiro atoms. The lowest BCUT2D eigenvalue weighted by Crippen LogP contribution is -2.33. The molecule has 0 aliphatic heterocycles. The average Bonchev–Trinajstić information content (AvgIpc) is 3.25. The monoisotopic (exact) mass is 309 g/mol. The van der Waals surface area contributed by atoms with E-state index >= 15 is 0 Å². The van der Waals surface area contributed by atoms with E-state index in [0.29, 0.717) is 17.5 Å². The highest BCUT2D eigenvalue weighted by molar-refractivity contribution is 6.30. The summed E-state index contributed by atoms with van der Waals surface area (Å²) in [5, 5.41) is 3.36. The maximum Gasteiger partial charge on any atom is 0.317 e. The van der Waals surface area contributed by atoms with Crippen molar-refractivity contribution in [1.29, 1.82) is 0 Å². The van der Waals surface area contributed by atoms with E-state index in [1.807, 2.05) is 26.0 Å². The van der Waals surface area contributed by atoms with E-state index in [1.165, 1.54) is 0 Å². The van der Waals surface area contributed by atoms with E-state index in [2.05, 4.69) is 5.32 Å². The molecule has 0 atom stereocenters. The van der Waals surface area contributed by atoms with Gasteiger partial charge >= 0.3 is 5.97 Å². The molecule has 0 unspecified atom stereocenters. The second kappa shape index (κ2) is 6.48. The van der Waals surface area contributed by atoms with Crippen molar-refractivity contribution in [2.45, 2.75) is 32.1 Å². The molecule has 0 saturated heterocycles. The Kier molecular flexibility index (Phi) is 4.88. The van der Waals surface area contributed by atoms with Crippen LogP contribution in [0.4, 0.5) is 0 Å². The molecule has 1 fully saturated rings. The minimum absolute atomic E-state index is 0.221. The molecular weight excluding hydrogens is 290 g/mol. The van der Waals surface area contributed by atoms with Crippen molar-refractivity contribution >= 4 is 23.5 Å². The van der Waals surface area contributed by atoms with Crippen LogP contribution >= 0.6 is 11.6 Å². The third kappa shape index (κ3) is 3.97. The fourth-order valence-electron chi connectivity index (χ4n) is 2.14. The molecule has 0 bridgehead atoms. The van der Waals surface area contributed by atoms with E-state index in [0.717, 1.165) is 18.4 Å². The van der Waals surface area contributed by atoms with Crippen LogP contribution in [0.15, 0.2) is 24.3 Å². The van der Waals surface area contributed by atoms with Gasteiger partial charge in [-0.3, -0.25) is 9.59 Å². The zero-order valence-corrected chi connectivity index (χ0v) is 13.1. The minimum Gasteiger partial charge on any atom is -0.455 e. The molecule has 0 aromatic heterocycles. The highest BCUT2D eigenvalue weighted by atomic mass is 35.5. The molecule has 1 aliphatic carbocycles. The molecule has 21 heavy (non-hydrogen) atoms. The Morgan fingerprint density at radius 1 is 1.29 bits per heavy atom. The summed E-state index contributed by atoms with van der Waals surface area (Å²) in [6, 6.07) is 7.21. The molecule has 5 heteroatoms. The average molecular weight is 310 g/mol. The number of rotatable bonds is 6. The topological polar surface area (TPSA) is 55.4 Å². The second-order valence-electron chi connectivity index (χ2n) is 5.86. The van der Waals surface area contributed by atoms with Gasteiger partial charge in [-0.05, 0) is 36.5 Å². The first kappa shape index (κ1) is 15.8. The van der Waals surface area contributed by atoms with E-state index < -0.39 is 5.41 Å². The smallest absolute Gasteiger partial charge is 0.317 e. The number of carbonyl (C=O) groups excluding carboxylic acids is 2. The van der Waals surface area contributed by atoms with Crippen molar-refractivity contribution in [3.8, 4) is 0 Å². The fraction of sp³-hybridized carbons (Fsp3) is 0.500. The van der Waals surface area contributed by atoms with Gasteiger partial charge in [0.05, 0.1) is 5.41 Å². The number of carbonyl (C=O) groups is 2. The second-order valence-corrected chi connectivity index (χ2v) is 6.30. The van der Waals surface area contributed by atoms with Crippen LogP contribution in [0.3, 0.4) is 0 Å². The fourth-order valence-corrected chi connectivity index (χ4v) is 2.27. The molecule has 1 aliphatic rings. The first-order valence-corrected chi connectivity index (χ1v) is 7.52. The highest BCUT2D eigenvalue weighted by Gasteiger charge is 2.52. The summed E-state index contributed by atoms with van der Waals surface area (Å²) in [7, 11) is 0. The number of amides is 1.